The maximum absolute atomic E-state index is 11.3. The highest BCUT2D eigenvalue weighted by Crippen LogP contribution is 2.25. The second-order valence-corrected chi connectivity index (χ2v) is 6.05. The third-order valence-corrected chi connectivity index (χ3v) is 4.22. The van der Waals surface area contributed by atoms with Gasteiger partial charge < -0.3 is 0 Å². The Kier molecular flexibility index (Phi) is 4.41. The molecule has 0 N–H and O–H groups in total. The third kappa shape index (κ3) is 3.44. The number of aryl methyl sites for hydroxylation is 3. The molecule has 1 fully saturated rings. The lowest BCUT2D eigenvalue weighted by atomic mass is 9.99. The Hall–Kier alpha value is -1.15. The molecular weight excluding hydrogens is 234 g/mol. The largest absolute Gasteiger partial charge is 0.300 e. The minimum Gasteiger partial charge on any atom is -0.300 e. The van der Waals surface area contributed by atoms with Gasteiger partial charge in [-0.15, -0.1) is 0 Å². The van der Waals surface area contributed by atoms with Crippen LogP contribution in [0, 0.1) is 20.8 Å². The highest BCUT2D eigenvalue weighted by molar-refractivity contribution is 5.76. The fraction of sp³-hybridized carbons (Fsp3) is 0.588. The van der Waals surface area contributed by atoms with Crippen molar-refractivity contribution in [3.05, 3.63) is 34.4 Å². The van der Waals surface area contributed by atoms with Crippen molar-refractivity contribution in [3.8, 4) is 0 Å². The Morgan fingerprint density at radius 1 is 1.26 bits per heavy atom. The summed E-state index contributed by atoms with van der Waals surface area (Å²) < 4.78 is 0. The summed E-state index contributed by atoms with van der Waals surface area (Å²) >= 11 is 0. The highest BCUT2D eigenvalue weighted by atomic mass is 16.1. The molecule has 0 amide bonds. The smallest absolute Gasteiger partial charge is 0.131 e. The number of carbonyl (C=O) groups is 1. The van der Waals surface area contributed by atoms with Crippen molar-refractivity contribution in [3.63, 3.8) is 0 Å². The molecule has 0 saturated carbocycles. The monoisotopic (exact) mass is 259 g/mol. The Labute approximate surface area is 116 Å². The molecule has 1 aromatic rings. The minimum absolute atomic E-state index is 0.314. The second-order valence-electron chi connectivity index (χ2n) is 6.05. The number of hydrogen-bond acceptors (Lipinski definition) is 2. The summed E-state index contributed by atoms with van der Waals surface area (Å²) in [6.07, 6.45) is 3.11. The van der Waals surface area contributed by atoms with E-state index >= 15 is 0 Å². The quantitative estimate of drug-likeness (QED) is 0.824. The molecule has 0 aliphatic carbocycles. The zero-order valence-electron chi connectivity index (χ0n) is 12.6. The van der Waals surface area contributed by atoms with Crippen LogP contribution in [-0.4, -0.2) is 23.3 Å². The summed E-state index contributed by atoms with van der Waals surface area (Å²) in [5.41, 5.74) is 5.54. The van der Waals surface area contributed by atoms with Gasteiger partial charge in [-0.2, -0.15) is 0 Å². The molecule has 1 atom stereocenters. The summed E-state index contributed by atoms with van der Waals surface area (Å²) in [4.78, 5) is 13.8. The van der Waals surface area contributed by atoms with Crippen LogP contribution in [-0.2, 0) is 11.3 Å². The van der Waals surface area contributed by atoms with Crippen LogP contribution in [0.15, 0.2) is 12.1 Å². The molecular formula is C17H25NO. The molecule has 0 spiro atoms. The average Bonchev–Trinajstić information content (AvgIpc) is 2.70. The van der Waals surface area contributed by atoms with Gasteiger partial charge in [-0.05, 0) is 63.8 Å². The van der Waals surface area contributed by atoms with Crippen LogP contribution >= 0.6 is 0 Å². The number of Topliss-reactive ketones (excluding diaryl/α,β-unsaturated/α-hetero) is 1. The molecule has 1 aliphatic rings. The number of hydrogen-bond donors (Lipinski definition) is 0. The van der Waals surface area contributed by atoms with Gasteiger partial charge in [0.15, 0.2) is 0 Å². The van der Waals surface area contributed by atoms with Crippen molar-refractivity contribution in [1.82, 2.24) is 4.90 Å². The van der Waals surface area contributed by atoms with Crippen LogP contribution in [0.2, 0.25) is 0 Å². The number of benzene rings is 1. The highest BCUT2D eigenvalue weighted by Gasteiger charge is 2.26. The van der Waals surface area contributed by atoms with E-state index in [2.05, 4.69) is 37.8 Å². The van der Waals surface area contributed by atoms with Gasteiger partial charge in [0.2, 0.25) is 0 Å². The molecule has 1 unspecified atom stereocenters. The molecule has 1 aromatic carbocycles. The van der Waals surface area contributed by atoms with Gasteiger partial charge in [0.25, 0.3) is 0 Å². The van der Waals surface area contributed by atoms with Crippen molar-refractivity contribution >= 4 is 5.78 Å². The molecule has 1 saturated heterocycles. The van der Waals surface area contributed by atoms with E-state index in [1.165, 1.54) is 35.1 Å². The summed E-state index contributed by atoms with van der Waals surface area (Å²) in [5, 5.41) is 0. The number of nitrogens with zero attached hydrogens (tertiary/aromatic N) is 1. The molecule has 2 heteroatoms. The number of rotatable bonds is 4. The fourth-order valence-corrected chi connectivity index (χ4v) is 3.33. The molecule has 19 heavy (non-hydrogen) atoms. The lowest BCUT2D eigenvalue weighted by Crippen LogP contribution is -2.31. The van der Waals surface area contributed by atoms with Gasteiger partial charge in [0.05, 0.1) is 0 Å². The first kappa shape index (κ1) is 14.3. The molecule has 0 radical (unpaired) electrons. The maximum atomic E-state index is 11.3. The van der Waals surface area contributed by atoms with Crippen LogP contribution in [0.1, 0.15) is 48.4 Å². The van der Waals surface area contributed by atoms with Gasteiger partial charge in [0.1, 0.15) is 5.78 Å². The van der Waals surface area contributed by atoms with E-state index in [1.807, 2.05) is 0 Å². The zero-order chi connectivity index (χ0) is 14.0. The maximum Gasteiger partial charge on any atom is 0.131 e. The van der Waals surface area contributed by atoms with Crippen LogP contribution in [0.5, 0.6) is 0 Å². The molecule has 2 nitrogen and oxygen atoms in total. The minimum atomic E-state index is 0.314. The summed E-state index contributed by atoms with van der Waals surface area (Å²) in [5.74, 6) is 0.314. The second kappa shape index (κ2) is 5.87. The van der Waals surface area contributed by atoms with Gasteiger partial charge >= 0.3 is 0 Å². The van der Waals surface area contributed by atoms with Gasteiger partial charge in [0, 0.05) is 19.0 Å². The predicted molar refractivity (Wildman–Crippen MR) is 79.4 cm³/mol. The molecule has 1 heterocycles. The summed E-state index contributed by atoms with van der Waals surface area (Å²) in [6.45, 7) is 10.4. The predicted octanol–water partition coefficient (Wildman–Crippen LogP) is 3.56. The van der Waals surface area contributed by atoms with Gasteiger partial charge in [-0.25, -0.2) is 0 Å². The fourth-order valence-electron chi connectivity index (χ4n) is 3.33. The Bertz CT molecular complexity index is 455. The van der Waals surface area contributed by atoms with Crippen LogP contribution in [0.25, 0.3) is 0 Å². The van der Waals surface area contributed by atoms with Crippen molar-refractivity contribution in [2.45, 2.75) is 59.5 Å². The summed E-state index contributed by atoms with van der Waals surface area (Å²) in [7, 11) is 0. The van der Waals surface area contributed by atoms with E-state index < -0.39 is 0 Å². The van der Waals surface area contributed by atoms with Crippen LogP contribution < -0.4 is 0 Å². The van der Waals surface area contributed by atoms with Crippen molar-refractivity contribution in [2.24, 2.45) is 0 Å². The zero-order valence-corrected chi connectivity index (χ0v) is 12.6. The normalized spacial score (nSPS) is 19.9. The molecule has 1 aliphatic heterocycles. The van der Waals surface area contributed by atoms with E-state index in [0.717, 1.165) is 13.1 Å². The molecule has 0 aromatic heterocycles. The number of likely N-dealkylation sites (tertiary alicyclic amines) is 1. The summed E-state index contributed by atoms with van der Waals surface area (Å²) in [6, 6.07) is 4.98. The Balaban J connectivity index is 2.14. The van der Waals surface area contributed by atoms with Crippen LogP contribution in [0.3, 0.4) is 0 Å². The van der Waals surface area contributed by atoms with Crippen molar-refractivity contribution in [2.75, 3.05) is 6.54 Å². The SMILES string of the molecule is CC(=O)CC1CCCN1Cc1c(C)cc(C)cc1C. The van der Waals surface area contributed by atoms with Crippen LogP contribution in [0.4, 0.5) is 0 Å². The third-order valence-electron chi connectivity index (χ3n) is 4.22. The average molecular weight is 259 g/mol. The lowest BCUT2D eigenvalue weighted by molar-refractivity contribution is -0.118. The molecule has 104 valence electrons. The van der Waals surface area contributed by atoms with E-state index in [0.29, 0.717) is 18.2 Å². The van der Waals surface area contributed by atoms with E-state index in [-0.39, 0.29) is 0 Å². The van der Waals surface area contributed by atoms with Crippen molar-refractivity contribution in [1.29, 1.82) is 0 Å². The first-order chi connectivity index (χ1) is 8.97. The van der Waals surface area contributed by atoms with E-state index in [9.17, 15) is 4.79 Å². The Morgan fingerprint density at radius 2 is 1.89 bits per heavy atom. The first-order valence-corrected chi connectivity index (χ1v) is 7.27. The Morgan fingerprint density at radius 3 is 2.47 bits per heavy atom. The number of carbonyl (C=O) groups excluding carboxylic acids is 1. The van der Waals surface area contributed by atoms with Gasteiger partial charge in [-0.3, -0.25) is 9.69 Å². The van der Waals surface area contributed by atoms with E-state index in [4.69, 9.17) is 0 Å². The van der Waals surface area contributed by atoms with E-state index in [1.54, 1.807) is 6.92 Å². The van der Waals surface area contributed by atoms with Gasteiger partial charge in [-0.1, -0.05) is 17.7 Å². The lowest BCUT2D eigenvalue weighted by Gasteiger charge is -2.25. The standard InChI is InChI=1S/C17H25NO/c1-12-8-13(2)17(14(3)9-12)11-18-7-5-6-16(18)10-15(4)19/h8-9,16H,5-7,10-11H2,1-4H3. The molecule has 0 bridgehead atoms. The number of ketones is 1. The molecule has 2 rings (SSSR count). The van der Waals surface area contributed by atoms with Crippen molar-refractivity contribution < 1.29 is 4.79 Å². The first-order valence-electron chi connectivity index (χ1n) is 7.27. The topological polar surface area (TPSA) is 20.3 Å².